The molecular formula is C13H13BrN2OS. The number of aryl methyl sites for hydroxylation is 1. The Hall–Kier alpha value is -1.33. The number of nitrogen functional groups attached to an aromatic ring is 1. The van der Waals surface area contributed by atoms with E-state index < -0.39 is 0 Å². The molecule has 0 unspecified atom stereocenters. The SMILES string of the molecule is Cc1cscc1CNC(=O)c1ccc(Br)c(N)c1. The van der Waals surface area contributed by atoms with Crippen molar-refractivity contribution >= 4 is 38.9 Å². The first-order valence-electron chi connectivity index (χ1n) is 5.43. The van der Waals surface area contributed by atoms with Gasteiger partial charge in [-0.3, -0.25) is 4.79 Å². The molecule has 0 saturated carbocycles. The van der Waals surface area contributed by atoms with E-state index in [0.717, 1.165) is 10.0 Å². The first kappa shape index (κ1) is 13.1. The molecule has 0 saturated heterocycles. The largest absolute Gasteiger partial charge is 0.398 e. The molecule has 1 amide bonds. The second-order valence-corrected chi connectivity index (χ2v) is 5.60. The molecule has 0 atom stereocenters. The van der Waals surface area contributed by atoms with Crippen molar-refractivity contribution in [2.75, 3.05) is 5.73 Å². The number of nitrogens with one attached hydrogen (secondary N) is 1. The fourth-order valence-corrected chi connectivity index (χ4v) is 2.63. The summed E-state index contributed by atoms with van der Waals surface area (Å²) in [6.07, 6.45) is 0. The minimum absolute atomic E-state index is 0.111. The van der Waals surface area contributed by atoms with Crippen molar-refractivity contribution < 1.29 is 4.79 Å². The first-order valence-corrected chi connectivity index (χ1v) is 7.16. The standard InChI is InChI=1S/C13H13BrN2OS/c1-8-6-18-7-10(8)5-16-13(17)9-2-3-11(14)12(15)4-9/h2-4,6-7H,5,15H2,1H3,(H,16,17). The predicted octanol–water partition coefficient (Wildman–Crippen LogP) is 3.33. The van der Waals surface area contributed by atoms with Gasteiger partial charge >= 0.3 is 0 Å². The lowest BCUT2D eigenvalue weighted by molar-refractivity contribution is 0.0951. The van der Waals surface area contributed by atoms with Crippen LogP contribution in [-0.2, 0) is 6.54 Å². The molecule has 1 aromatic carbocycles. The van der Waals surface area contributed by atoms with Crippen LogP contribution in [0.3, 0.4) is 0 Å². The lowest BCUT2D eigenvalue weighted by Gasteiger charge is -2.06. The van der Waals surface area contributed by atoms with Crippen LogP contribution in [0.2, 0.25) is 0 Å². The van der Waals surface area contributed by atoms with Gasteiger partial charge in [0, 0.05) is 22.3 Å². The Balaban J connectivity index is 2.04. The Morgan fingerprint density at radius 2 is 2.22 bits per heavy atom. The number of carbonyl (C=O) groups is 1. The van der Waals surface area contributed by atoms with E-state index in [1.54, 1.807) is 29.5 Å². The van der Waals surface area contributed by atoms with Crippen LogP contribution >= 0.6 is 27.3 Å². The molecule has 1 heterocycles. The van der Waals surface area contributed by atoms with Gasteiger partial charge in [-0.05, 0) is 62.9 Å². The molecule has 0 fully saturated rings. The Labute approximate surface area is 118 Å². The summed E-state index contributed by atoms with van der Waals surface area (Å²) < 4.78 is 0.799. The number of nitrogens with two attached hydrogens (primary N) is 1. The summed E-state index contributed by atoms with van der Waals surface area (Å²) in [4.78, 5) is 11.9. The number of anilines is 1. The quantitative estimate of drug-likeness (QED) is 0.851. The van der Waals surface area contributed by atoms with E-state index >= 15 is 0 Å². The summed E-state index contributed by atoms with van der Waals surface area (Å²) >= 11 is 4.94. The van der Waals surface area contributed by atoms with Gasteiger partial charge in [-0.15, -0.1) is 0 Å². The highest BCUT2D eigenvalue weighted by Gasteiger charge is 2.08. The number of carbonyl (C=O) groups excluding carboxylic acids is 1. The maximum Gasteiger partial charge on any atom is 0.251 e. The summed E-state index contributed by atoms with van der Waals surface area (Å²) in [5.74, 6) is -0.111. The van der Waals surface area contributed by atoms with Crippen molar-refractivity contribution in [3.8, 4) is 0 Å². The summed E-state index contributed by atoms with van der Waals surface area (Å²) in [6, 6.07) is 5.19. The van der Waals surface area contributed by atoms with Crippen LogP contribution in [0.1, 0.15) is 21.5 Å². The molecule has 0 aliphatic heterocycles. The average molecular weight is 325 g/mol. The predicted molar refractivity (Wildman–Crippen MR) is 78.8 cm³/mol. The molecule has 94 valence electrons. The second-order valence-electron chi connectivity index (χ2n) is 4.00. The number of halogens is 1. The van der Waals surface area contributed by atoms with Crippen molar-refractivity contribution in [2.24, 2.45) is 0 Å². The summed E-state index contributed by atoms with van der Waals surface area (Å²) in [6.45, 7) is 2.58. The molecule has 3 N–H and O–H groups in total. The number of thiophene rings is 1. The van der Waals surface area contributed by atoms with E-state index in [9.17, 15) is 4.79 Å². The van der Waals surface area contributed by atoms with Crippen LogP contribution in [0.15, 0.2) is 33.4 Å². The van der Waals surface area contributed by atoms with Crippen molar-refractivity contribution in [1.29, 1.82) is 0 Å². The molecule has 0 bridgehead atoms. The molecule has 5 heteroatoms. The molecule has 0 aliphatic rings. The van der Waals surface area contributed by atoms with Gasteiger partial charge in [-0.2, -0.15) is 11.3 Å². The molecular weight excluding hydrogens is 312 g/mol. The highest BCUT2D eigenvalue weighted by molar-refractivity contribution is 9.10. The number of hydrogen-bond donors (Lipinski definition) is 2. The topological polar surface area (TPSA) is 55.1 Å². The van der Waals surface area contributed by atoms with Crippen LogP contribution in [0.25, 0.3) is 0 Å². The van der Waals surface area contributed by atoms with Gasteiger partial charge in [0.05, 0.1) is 0 Å². The normalized spacial score (nSPS) is 10.3. The van der Waals surface area contributed by atoms with Gasteiger partial charge in [0.25, 0.3) is 5.91 Å². The van der Waals surface area contributed by atoms with Gasteiger partial charge in [0.1, 0.15) is 0 Å². The zero-order chi connectivity index (χ0) is 13.1. The number of rotatable bonds is 3. The molecule has 0 spiro atoms. The molecule has 2 aromatic rings. The maximum atomic E-state index is 11.9. The van der Waals surface area contributed by atoms with Crippen molar-refractivity contribution in [2.45, 2.75) is 13.5 Å². The van der Waals surface area contributed by atoms with Crippen LogP contribution in [0, 0.1) is 6.92 Å². The monoisotopic (exact) mass is 324 g/mol. The summed E-state index contributed by atoms with van der Waals surface area (Å²) in [5, 5.41) is 7.00. The van der Waals surface area contributed by atoms with E-state index in [1.807, 2.05) is 12.3 Å². The maximum absolute atomic E-state index is 11.9. The first-order chi connectivity index (χ1) is 8.58. The summed E-state index contributed by atoms with van der Waals surface area (Å²) in [7, 11) is 0. The number of hydrogen-bond acceptors (Lipinski definition) is 3. The molecule has 1 aromatic heterocycles. The third-order valence-corrected chi connectivity index (χ3v) is 4.29. The van der Waals surface area contributed by atoms with Gasteiger partial charge < -0.3 is 11.1 Å². The van der Waals surface area contributed by atoms with Crippen molar-refractivity contribution in [3.05, 3.63) is 50.1 Å². The zero-order valence-electron chi connectivity index (χ0n) is 9.87. The lowest BCUT2D eigenvalue weighted by atomic mass is 10.1. The second kappa shape index (κ2) is 5.54. The third kappa shape index (κ3) is 2.91. The molecule has 2 rings (SSSR count). The molecule has 18 heavy (non-hydrogen) atoms. The van der Waals surface area contributed by atoms with Gasteiger partial charge in [0.2, 0.25) is 0 Å². The smallest absolute Gasteiger partial charge is 0.251 e. The van der Waals surface area contributed by atoms with Crippen molar-refractivity contribution in [3.63, 3.8) is 0 Å². The van der Waals surface area contributed by atoms with E-state index in [0.29, 0.717) is 17.8 Å². The van der Waals surface area contributed by atoms with Gasteiger partial charge in [-0.1, -0.05) is 0 Å². The highest BCUT2D eigenvalue weighted by atomic mass is 79.9. The Bertz CT molecular complexity index is 580. The van der Waals surface area contributed by atoms with Crippen LogP contribution < -0.4 is 11.1 Å². The van der Waals surface area contributed by atoms with Gasteiger partial charge in [0.15, 0.2) is 0 Å². The fraction of sp³-hybridized carbons (Fsp3) is 0.154. The third-order valence-electron chi connectivity index (χ3n) is 2.66. The van der Waals surface area contributed by atoms with Gasteiger partial charge in [-0.25, -0.2) is 0 Å². The lowest BCUT2D eigenvalue weighted by Crippen LogP contribution is -2.22. The van der Waals surface area contributed by atoms with E-state index in [4.69, 9.17) is 5.73 Å². The minimum Gasteiger partial charge on any atom is -0.398 e. The Morgan fingerprint density at radius 3 is 2.83 bits per heavy atom. The van der Waals surface area contributed by atoms with E-state index in [1.165, 1.54) is 5.56 Å². The van der Waals surface area contributed by atoms with E-state index in [-0.39, 0.29) is 5.91 Å². The highest BCUT2D eigenvalue weighted by Crippen LogP contribution is 2.20. The molecule has 0 aliphatic carbocycles. The summed E-state index contributed by atoms with van der Waals surface area (Å²) in [5.41, 5.74) is 9.24. The average Bonchev–Trinajstić information content (AvgIpc) is 2.75. The van der Waals surface area contributed by atoms with Crippen LogP contribution in [0.5, 0.6) is 0 Å². The zero-order valence-corrected chi connectivity index (χ0v) is 12.3. The molecule has 3 nitrogen and oxygen atoms in total. The van der Waals surface area contributed by atoms with Crippen LogP contribution in [-0.4, -0.2) is 5.91 Å². The number of amides is 1. The molecule has 0 radical (unpaired) electrons. The Morgan fingerprint density at radius 1 is 1.44 bits per heavy atom. The number of benzene rings is 1. The van der Waals surface area contributed by atoms with Crippen molar-refractivity contribution in [1.82, 2.24) is 5.32 Å². The van der Waals surface area contributed by atoms with Crippen LogP contribution in [0.4, 0.5) is 5.69 Å². The Kier molecular flexibility index (Phi) is 4.04. The fourth-order valence-electron chi connectivity index (χ4n) is 1.53. The minimum atomic E-state index is -0.111. The van der Waals surface area contributed by atoms with E-state index in [2.05, 4.69) is 26.6 Å².